The zero-order valence-electron chi connectivity index (χ0n) is 13.5. The van der Waals surface area contributed by atoms with Crippen LogP contribution in [-0.4, -0.2) is 35.9 Å². The average Bonchev–Trinajstić information content (AvgIpc) is 2.90. The third-order valence-electron chi connectivity index (χ3n) is 4.56. The van der Waals surface area contributed by atoms with Crippen molar-refractivity contribution in [1.82, 2.24) is 4.90 Å². The first kappa shape index (κ1) is 16.3. The molecule has 0 saturated carbocycles. The third kappa shape index (κ3) is 3.08. The van der Waals surface area contributed by atoms with Gasteiger partial charge in [0.1, 0.15) is 11.3 Å². The lowest BCUT2D eigenvalue weighted by Gasteiger charge is -2.34. The highest BCUT2D eigenvalue weighted by atomic mass is 16.5. The van der Waals surface area contributed by atoms with E-state index in [2.05, 4.69) is 0 Å². The van der Waals surface area contributed by atoms with Crippen molar-refractivity contribution < 1.29 is 14.3 Å². The number of primary amides is 1. The Morgan fingerprint density at radius 1 is 1.36 bits per heavy atom. The zero-order chi connectivity index (χ0) is 16.3. The summed E-state index contributed by atoms with van der Waals surface area (Å²) in [6, 6.07) is 7.69. The summed E-state index contributed by atoms with van der Waals surface area (Å²) >= 11 is 0. The minimum Gasteiger partial charge on any atom is -0.497 e. The normalized spacial score (nSPS) is 22.4. The lowest BCUT2D eigenvalue weighted by molar-refractivity contribution is -0.145. The number of nitrogens with zero attached hydrogens (tertiary/aromatic N) is 1. The summed E-state index contributed by atoms with van der Waals surface area (Å²) in [6.07, 6.45) is 2.10. The van der Waals surface area contributed by atoms with Crippen molar-refractivity contribution in [3.8, 4) is 5.75 Å². The SMILES string of the molecule is COc1ccc(C[C@H](C)C(=O)N2CCC[C@@]2(C)C(N)=O)cc1. The maximum atomic E-state index is 12.7. The average molecular weight is 304 g/mol. The fraction of sp³-hybridized carbons (Fsp3) is 0.529. The van der Waals surface area contributed by atoms with Crippen LogP contribution in [0.25, 0.3) is 0 Å². The van der Waals surface area contributed by atoms with Crippen LogP contribution in [0, 0.1) is 5.92 Å². The summed E-state index contributed by atoms with van der Waals surface area (Å²) in [7, 11) is 1.62. The Labute approximate surface area is 131 Å². The Balaban J connectivity index is 2.06. The smallest absolute Gasteiger partial charge is 0.243 e. The quantitative estimate of drug-likeness (QED) is 0.900. The van der Waals surface area contributed by atoms with Crippen molar-refractivity contribution in [2.45, 2.75) is 38.6 Å². The van der Waals surface area contributed by atoms with Crippen molar-refractivity contribution in [3.63, 3.8) is 0 Å². The van der Waals surface area contributed by atoms with Gasteiger partial charge in [0.25, 0.3) is 0 Å². The highest BCUT2D eigenvalue weighted by Gasteiger charge is 2.45. The minimum atomic E-state index is -0.842. The monoisotopic (exact) mass is 304 g/mol. The van der Waals surface area contributed by atoms with E-state index in [1.54, 1.807) is 18.9 Å². The van der Waals surface area contributed by atoms with Gasteiger partial charge in [0.2, 0.25) is 11.8 Å². The van der Waals surface area contributed by atoms with Crippen LogP contribution >= 0.6 is 0 Å². The number of amides is 2. The van der Waals surface area contributed by atoms with Crippen LogP contribution < -0.4 is 10.5 Å². The molecule has 1 aromatic carbocycles. The van der Waals surface area contributed by atoms with Gasteiger partial charge in [0, 0.05) is 12.5 Å². The Kier molecular flexibility index (Phi) is 4.74. The summed E-state index contributed by atoms with van der Waals surface area (Å²) in [5, 5.41) is 0. The molecular weight excluding hydrogens is 280 g/mol. The van der Waals surface area contributed by atoms with E-state index in [0.717, 1.165) is 17.7 Å². The van der Waals surface area contributed by atoms with Crippen LogP contribution in [-0.2, 0) is 16.0 Å². The molecule has 1 aliphatic heterocycles. The van der Waals surface area contributed by atoms with Crippen LogP contribution in [0.4, 0.5) is 0 Å². The van der Waals surface area contributed by atoms with Gasteiger partial charge in [0.15, 0.2) is 0 Å². The van der Waals surface area contributed by atoms with Crippen LogP contribution in [0.3, 0.4) is 0 Å². The summed E-state index contributed by atoms with van der Waals surface area (Å²) in [5.41, 5.74) is 5.73. The number of likely N-dealkylation sites (tertiary alicyclic amines) is 1. The fourth-order valence-corrected chi connectivity index (χ4v) is 3.04. The summed E-state index contributed by atoms with van der Waals surface area (Å²) in [6.45, 7) is 4.26. The first-order valence-electron chi connectivity index (χ1n) is 7.63. The lowest BCUT2D eigenvalue weighted by Crippen LogP contribution is -2.55. The number of carbonyl (C=O) groups excluding carboxylic acids is 2. The number of carbonyl (C=O) groups is 2. The maximum Gasteiger partial charge on any atom is 0.243 e. The summed E-state index contributed by atoms with van der Waals surface area (Å²) in [4.78, 5) is 26.0. The molecule has 0 aromatic heterocycles. The number of rotatable bonds is 5. The van der Waals surface area contributed by atoms with Gasteiger partial charge in [-0.3, -0.25) is 9.59 Å². The van der Waals surface area contributed by atoms with E-state index >= 15 is 0 Å². The van der Waals surface area contributed by atoms with Gasteiger partial charge in [-0.05, 0) is 43.9 Å². The molecule has 120 valence electrons. The van der Waals surface area contributed by atoms with E-state index in [4.69, 9.17) is 10.5 Å². The second-order valence-corrected chi connectivity index (χ2v) is 6.18. The van der Waals surface area contributed by atoms with Gasteiger partial charge in [-0.15, -0.1) is 0 Å². The number of hydrogen-bond acceptors (Lipinski definition) is 3. The summed E-state index contributed by atoms with van der Waals surface area (Å²) in [5.74, 6) is 0.179. The number of ether oxygens (including phenoxy) is 1. The standard InChI is InChI=1S/C17H24N2O3/c1-12(11-13-5-7-14(22-3)8-6-13)15(20)19-10-4-9-17(19,2)16(18)21/h5-8,12H,4,9-11H2,1-3H3,(H2,18,21)/t12-,17-/m0/s1. The van der Waals surface area contributed by atoms with Crippen LogP contribution in [0.1, 0.15) is 32.3 Å². The molecule has 0 unspecified atom stereocenters. The number of nitrogens with two attached hydrogens (primary N) is 1. The van der Waals surface area contributed by atoms with E-state index in [0.29, 0.717) is 19.4 Å². The van der Waals surface area contributed by atoms with Gasteiger partial charge in [-0.2, -0.15) is 0 Å². The molecule has 0 aliphatic carbocycles. The fourth-order valence-electron chi connectivity index (χ4n) is 3.04. The van der Waals surface area contributed by atoms with Gasteiger partial charge in [-0.25, -0.2) is 0 Å². The van der Waals surface area contributed by atoms with Gasteiger partial charge in [0.05, 0.1) is 7.11 Å². The van der Waals surface area contributed by atoms with E-state index < -0.39 is 11.4 Å². The highest BCUT2D eigenvalue weighted by Crippen LogP contribution is 2.30. The van der Waals surface area contributed by atoms with E-state index in [9.17, 15) is 9.59 Å². The summed E-state index contributed by atoms with van der Waals surface area (Å²) < 4.78 is 5.13. The molecule has 2 N–H and O–H groups in total. The molecule has 5 nitrogen and oxygen atoms in total. The predicted molar refractivity (Wildman–Crippen MR) is 84.4 cm³/mol. The number of methoxy groups -OCH3 is 1. The molecule has 1 aromatic rings. The van der Waals surface area contributed by atoms with Crippen molar-refractivity contribution in [1.29, 1.82) is 0 Å². The first-order chi connectivity index (χ1) is 10.4. The lowest BCUT2D eigenvalue weighted by atomic mass is 9.94. The molecule has 2 amide bonds. The topological polar surface area (TPSA) is 72.6 Å². The van der Waals surface area contributed by atoms with Crippen molar-refractivity contribution >= 4 is 11.8 Å². The highest BCUT2D eigenvalue weighted by molar-refractivity contribution is 5.91. The van der Waals surface area contributed by atoms with E-state index in [-0.39, 0.29) is 11.8 Å². The van der Waals surface area contributed by atoms with Crippen molar-refractivity contribution in [2.24, 2.45) is 11.7 Å². The van der Waals surface area contributed by atoms with Crippen molar-refractivity contribution in [2.75, 3.05) is 13.7 Å². The van der Waals surface area contributed by atoms with E-state index in [1.165, 1.54) is 0 Å². The molecule has 22 heavy (non-hydrogen) atoms. The Bertz CT molecular complexity index is 556. The second-order valence-electron chi connectivity index (χ2n) is 6.18. The van der Waals surface area contributed by atoms with Crippen LogP contribution in [0.15, 0.2) is 24.3 Å². The predicted octanol–water partition coefficient (Wildman–Crippen LogP) is 1.74. The van der Waals surface area contributed by atoms with Crippen LogP contribution in [0.5, 0.6) is 5.75 Å². The maximum absolute atomic E-state index is 12.7. The third-order valence-corrected chi connectivity index (χ3v) is 4.56. The largest absolute Gasteiger partial charge is 0.497 e. The second kappa shape index (κ2) is 6.38. The molecule has 0 spiro atoms. The number of benzene rings is 1. The molecular formula is C17H24N2O3. The van der Waals surface area contributed by atoms with Gasteiger partial charge >= 0.3 is 0 Å². The Morgan fingerprint density at radius 3 is 2.55 bits per heavy atom. The molecule has 5 heteroatoms. The Hall–Kier alpha value is -2.04. The molecule has 1 fully saturated rings. The molecule has 0 radical (unpaired) electrons. The van der Waals surface area contributed by atoms with Crippen molar-refractivity contribution in [3.05, 3.63) is 29.8 Å². The molecule has 0 bridgehead atoms. The minimum absolute atomic E-state index is 0.00498. The molecule has 1 heterocycles. The van der Waals surface area contributed by atoms with Gasteiger partial charge in [-0.1, -0.05) is 19.1 Å². The molecule has 2 rings (SSSR count). The number of hydrogen-bond donors (Lipinski definition) is 1. The first-order valence-corrected chi connectivity index (χ1v) is 7.63. The van der Waals surface area contributed by atoms with E-state index in [1.807, 2.05) is 31.2 Å². The van der Waals surface area contributed by atoms with Crippen LogP contribution in [0.2, 0.25) is 0 Å². The Morgan fingerprint density at radius 2 is 2.00 bits per heavy atom. The zero-order valence-corrected chi connectivity index (χ0v) is 13.5. The van der Waals surface area contributed by atoms with Gasteiger partial charge < -0.3 is 15.4 Å². The molecule has 2 atom stereocenters. The molecule has 1 aliphatic rings. The molecule has 1 saturated heterocycles.